The molecule has 0 aromatic carbocycles. The van der Waals surface area contributed by atoms with Crippen LogP contribution >= 0.6 is 0 Å². The maximum absolute atomic E-state index is 12.3. The Morgan fingerprint density at radius 2 is 1.94 bits per heavy atom. The molecule has 0 aliphatic carbocycles. The van der Waals surface area contributed by atoms with Gasteiger partial charge in [0.05, 0.1) is 4.90 Å². The molecule has 1 aliphatic rings. The minimum absolute atomic E-state index is 0.372. The Labute approximate surface area is 108 Å². The quantitative estimate of drug-likeness (QED) is 0.786. The summed E-state index contributed by atoms with van der Waals surface area (Å²) in [5.74, 6) is 0. The predicted octanol–water partition coefficient (Wildman–Crippen LogP) is -0.710. The molecule has 7 heteroatoms. The number of hydrogen-bond donors (Lipinski definition) is 1. The molecule has 0 radical (unpaired) electrons. The van der Waals surface area contributed by atoms with Crippen LogP contribution in [0.2, 0.25) is 0 Å². The lowest BCUT2D eigenvalue weighted by Gasteiger charge is -2.33. The summed E-state index contributed by atoms with van der Waals surface area (Å²) in [4.78, 5) is 2.56. The fourth-order valence-electron chi connectivity index (χ4n) is 2.16. The number of aryl methyl sites for hydroxylation is 1. The van der Waals surface area contributed by atoms with Crippen LogP contribution in [-0.2, 0) is 17.1 Å². The first kappa shape index (κ1) is 13.5. The minimum atomic E-state index is -3.32. The van der Waals surface area contributed by atoms with E-state index < -0.39 is 10.0 Å². The first-order valence-corrected chi connectivity index (χ1v) is 7.52. The monoisotopic (exact) mass is 272 g/mol. The number of nitrogens with two attached hydrogens (primary N) is 1. The summed E-state index contributed by atoms with van der Waals surface area (Å²) in [6.45, 7) is 4.03. The zero-order valence-corrected chi connectivity index (χ0v) is 11.4. The highest BCUT2D eigenvalue weighted by atomic mass is 32.2. The van der Waals surface area contributed by atoms with Gasteiger partial charge in [-0.1, -0.05) is 0 Å². The number of hydrogen-bond acceptors (Lipinski definition) is 4. The van der Waals surface area contributed by atoms with E-state index in [1.165, 1.54) is 0 Å². The molecule has 102 valence electrons. The van der Waals surface area contributed by atoms with Gasteiger partial charge in [-0.15, -0.1) is 0 Å². The molecular weight excluding hydrogens is 252 g/mol. The number of rotatable bonds is 4. The molecule has 0 saturated carbocycles. The van der Waals surface area contributed by atoms with E-state index in [9.17, 15) is 8.42 Å². The van der Waals surface area contributed by atoms with Crippen molar-refractivity contribution >= 4 is 10.0 Å². The number of aromatic nitrogens is 1. The van der Waals surface area contributed by atoms with Gasteiger partial charge in [0.25, 0.3) is 0 Å². The van der Waals surface area contributed by atoms with E-state index in [0.29, 0.717) is 24.5 Å². The van der Waals surface area contributed by atoms with Crippen LogP contribution in [0.25, 0.3) is 0 Å². The van der Waals surface area contributed by atoms with Gasteiger partial charge < -0.3 is 10.3 Å². The highest BCUT2D eigenvalue weighted by molar-refractivity contribution is 7.89. The highest BCUT2D eigenvalue weighted by Gasteiger charge is 2.28. The van der Waals surface area contributed by atoms with Crippen molar-refractivity contribution in [1.29, 1.82) is 0 Å². The van der Waals surface area contributed by atoms with E-state index >= 15 is 0 Å². The first-order valence-electron chi connectivity index (χ1n) is 6.08. The van der Waals surface area contributed by atoms with E-state index in [1.54, 1.807) is 27.3 Å². The summed E-state index contributed by atoms with van der Waals surface area (Å²) in [5, 5.41) is 0. The van der Waals surface area contributed by atoms with Crippen molar-refractivity contribution in [2.45, 2.75) is 4.90 Å². The molecule has 2 rings (SSSR count). The molecule has 18 heavy (non-hydrogen) atoms. The Morgan fingerprint density at radius 3 is 2.44 bits per heavy atom. The predicted molar refractivity (Wildman–Crippen MR) is 69.7 cm³/mol. The third-order valence-electron chi connectivity index (χ3n) is 3.22. The second kappa shape index (κ2) is 5.40. The molecule has 1 aliphatic heterocycles. The third kappa shape index (κ3) is 2.74. The van der Waals surface area contributed by atoms with Crippen LogP contribution in [0, 0.1) is 0 Å². The second-order valence-electron chi connectivity index (χ2n) is 4.55. The SMILES string of the molecule is Cn1ccc(S(=O)(=O)N2CCN(CCN)CC2)c1. The lowest BCUT2D eigenvalue weighted by atomic mass is 10.3. The van der Waals surface area contributed by atoms with Crippen molar-refractivity contribution in [2.75, 3.05) is 39.3 Å². The van der Waals surface area contributed by atoms with Crippen molar-refractivity contribution in [3.8, 4) is 0 Å². The van der Waals surface area contributed by atoms with Crippen molar-refractivity contribution < 1.29 is 8.42 Å². The maximum atomic E-state index is 12.3. The van der Waals surface area contributed by atoms with Crippen LogP contribution in [0.3, 0.4) is 0 Å². The van der Waals surface area contributed by atoms with E-state index in [2.05, 4.69) is 4.90 Å². The molecule has 1 saturated heterocycles. The zero-order valence-electron chi connectivity index (χ0n) is 10.6. The molecule has 0 bridgehead atoms. The normalized spacial score (nSPS) is 19.2. The Kier molecular flexibility index (Phi) is 4.06. The van der Waals surface area contributed by atoms with E-state index in [1.807, 2.05) is 7.05 Å². The van der Waals surface area contributed by atoms with Gasteiger partial charge >= 0.3 is 0 Å². The Hall–Kier alpha value is -0.890. The van der Waals surface area contributed by atoms with E-state index in [0.717, 1.165) is 19.6 Å². The Balaban J connectivity index is 2.05. The summed E-state index contributed by atoms with van der Waals surface area (Å²) in [6.07, 6.45) is 3.39. The van der Waals surface area contributed by atoms with Crippen molar-refractivity contribution in [2.24, 2.45) is 12.8 Å². The molecule has 2 heterocycles. The lowest BCUT2D eigenvalue weighted by Crippen LogP contribution is -2.49. The number of nitrogens with zero attached hydrogens (tertiary/aromatic N) is 3. The van der Waals surface area contributed by atoms with Gasteiger partial charge in [0.1, 0.15) is 0 Å². The molecule has 1 fully saturated rings. The average Bonchev–Trinajstić information content (AvgIpc) is 2.78. The van der Waals surface area contributed by atoms with Gasteiger partial charge in [0.2, 0.25) is 10.0 Å². The van der Waals surface area contributed by atoms with Gasteiger partial charge in [0, 0.05) is 58.7 Å². The number of sulfonamides is 1. The highest BCUT2D eigenvalue weighted by Crippen LogP contribution is 2.17. The largest absolute Gasteiger partial charge is 0.356 e. The second-order valence-corrected chi connectivity index (χ2v) is 6.49. The average molecular weight is 272 g/mol. The van der Waals surface area contributed by atoms with Crippen molar-refractivity contribution in [3.05, 3.63) is 18.5 Å². The molecular formula is C11H20N4O2S. The molecule has 1 aromatic heterocycles. The molecule has 6 nitrogen and oxygen atoms in total. The van der Waals surface area contributed by atoms with Crippen LogP contribution in [0.1, 0.15) is 0 Å². The van der Waals surface area contributed by atoms with Crippen LogP contribution in [0.4, 0.5) is 0 Å². The fraction of sp³-hybridized carbons (Fsp3) is 0.636. The minimum Gasteiger partial charge on any atom is -0.356 e. The van der Waals surface area contributed by atoms with Crippen LogP contribution in [-0.4, -0.2) is 61.5 Å². The van der Waals surface area contributed by atoms with Gasteiger partial charge in [-0.05, 0) is 6.07 Å². The summed E-state index contributed by atoms with van der Waals surface area (Å²) in [5.41, 5.74) is 5.50. The summed E-state index contributed by atoms with van der Waals surface area (Å²) < 4.78 is 28.0. The molecule has 0 atom stereocenters. The van der Waals surface area contributed by atoms with Gasteiger partial charge in [-0.3, -0.25) is 4.90 Å². The number of piperazine rings is 1. The van der Waals surface area contributed by atoms with Crippen LogP contribution < -0.4 is 5.73 Å². The fourth-order valence-corrected chi connectivity index (χ4v) is 3.63. The zero-order chi connectivity index (χ0) is 13.2. The smallest absolute Gasteiger partial charge is 0.244 e. The molecule has 0 amide bonds. The van der Waals surface area contributed by atoms with Crippen LogP contribution in [0.15, 0.2) is 23.4 Å². The summed E-state index contributed by atoms with van der Waals surface area (Å²) >= 11 is 0. The Morgan fingerprint density at radius 1 is 1.28 bits per heavy atom. The summed E-state index contributed by atoms with van der Waals surface area (Å²) in [7, 11) is -1.51. The third-order valence-corrected chi connectivity index (χ3v) is 5.10. The lowest BCUT2D eigenvalue weighted by molar-refractivity contribution is 0.192. The van der Waals surface area contributed by atoms with Gasteiger partial charge in [-0.25, -0.2) is 8.42 Å². The first-order chi connectivity index (χ1) is 8.54. The summed E-state index contributed by atoms with van der Waals surface area (Å²) in [6, 6.07) is 1.64. The molecule has 0 spiro atoms. The van der Waals surface area contributed by atoms with E-state index in [-0.39, 0.29) is 0 Å². The standard InChI is InChI=1S/C11H20N4O2S/c1-13-4-2-11(10-13)18(16,17)15-8-6-14(5-3-12)7-9-15/h2,4,10H,3,5-9,12H2,1H3. The topological polar surface area (TPSA) is 71.6 Å². The van der Waals surface area contributed by atoms with Gasteiger partial charge in [-0.2, -0.15) is 4.31 Å². The molecule has 2 N–H and O–H groups in total. The van der Waals surface area contributed by atoms with Crippen molar-refractivity contribution in [1.82, 2.24) is 13.8 Å². The molecule has 0 unspecified atom stereocenters. The van der Waals surface area contributed by atoms with Crippen LogP contribution in [0.5, 0.6) is 0 Å². The van der Waals surface area contributed by atoms with E-state index in [4.69, 9.17) is 5.73 Å². The maximum Gasteiger partial charge on any atom is 0.244 e. The van der Waals surface area contributed by atoms with Gasteiger partial charge in [0.15, 0.2) is 0 Å². The van der Waals surface area contributed by atoms with Crippen molar-refractivity contribution in [3.63, 3.8) is 0 Å². The molecule has 1 aromatic rings. The Bertz CT molecular complexity index is 489.